The first-order valence-electron chi connectivity index (χ1n) is 5.00. The maximum Gasteiger partial charge on any atom is 0.240 e. The molecule has 0 aliphatic carbocycles. The van der Waals surface area contributed by atoms with Crippen LogP contribution in [-0.4, -0.2) is 36.5 Å². The average Bonchev–Trinajstić information content (AvgIpc) is 2.45. The van der Waals surface area contributed by atoms with E-state index in [1.807, 2.05) is 0 Å². The number of hydrogen-bond acceptors (Lipinski definition) is 2. The highest BCUT2D eigenvalue weighted by molar-refractivity contribution is 6.29. The van der Waals surface area contributed by atoms with Gasteiger partial charge in [-0.25, -0.2) is 0 Å². The van der Waals surface area contributed by atoms with Gasteiger partial charge in [-0.2, -0.15) is 0 Å². The van der Waals surface area contributed by atoms with Crippen molar-refractivity contribution in [3.8, 4) is 0 Å². The Labute approximate surface area is 90.1 Å². The van der Waals surface area contributed by atoms with Gasteiger partial charge in [-0.15, -0.1) is 0 Å². The molecule has 0 radical (unpaired) electrons. The molecule has 1 aliphatic heterocycles. The second kappa shape index (κ2) is 5.37. The Balaban J connectivity index is 2.39. The van der Waals surface area contributed by atoms with E-state index < -0.39 is 0 Å². The minimum Gasteiger partial charge on any atom is -0.336 e. The highest BCUT2D eigenvalue weighted by Crippen LogP contribution is 2.13. The summed E-state index contributed by atoms with van der Waals surface area (Å²) in [5, 5.41) is 3.74. The molecule has 1 atom stereocenters. The van der Waals surface area contributed by atoms with Crippen molar-refractivity contribution in [2.45, 2.75) is 25.8 Å². The lowest BCUT2D eigenvalue weighted by molar-refractivity contribution is -0.129. The van der Waals surface area contributed by atoms with Crippen molar-refractivity contribution in [1.82, 2.24) is 10.2 Å². The van der Waals surface area contributed by atoms with E-state index in [0.29, 0.717) is 11.6 Å². The first kappa shape index (κ1) is 11.5. The second-order valence-corrected chi connectivity index (χ2v) is 4.11. The lowest BCUT2D eigenvalue weighted by Gasteiger charge is -2.15. The van der Waals surface area contributed by atoms with Gasteiger partial charge >= 0.3 is 0 Å². The molecule has 80 valence electrons. The van der Waals surface area contributed by atoms with Gasteiger partial charge in [0.2, 0.25) is 5.91 Å². The van der Waals surface area contributed by atoms with E-state index in [0.717, 1.165) is 25.9 Å². The Morgan fingerprint density at radius 3 is 3.07 bits per heavy atom. The zero-order chi connectivity index (χ0) is 10.6. The van der Waals surface area contributed by atoms with Crippen LogP contribution in [0.2, 0.25) is 0 Å². The smallest absolute Gasteiger partial charge is 0.240 e. The van der Waals surface area contributed by atoms with Crippen molar-refractivity contribution < 1.29 is 4.79 Å². The van der Waals surface area contributed by atoms with Crippen LogP contribution in [0.4, 0.5) is 0 Å². The van der Waals surface area contributed by atoms with Crippen molar-refractivity contribution >= 4 is 17.5 Å². The van der Waals surface area contributed by atoms with Gasteiger partial charge in [-0.1, -0.05) is 25.1 Å². The number of halogens is 1. The summed E-state index contributed by atoms with van der Waals surface area (Å²) in [6.07, 6.45) is 1.93. The number of rotatable bonds is 5. The number of carbonyl (C=O) groups excluding carboxylic acids is 1. The molecule has 0 aromatic heterocycles. The molecular formula is C10H17ClN2O. The van der Waals surface area contributed by atoms with Crippen molar-refractivity contribution in [1.29, 1.82) is 0 Å². The largest absolute Gasteiger partial charge is 0.336 e. The van der Waals surface area contributed by atoms with Crippen LogP contribution >= 0.6 is 11.6 Å². The molecule has 1 heterocycles. The van der Waals surface area contributed by atoms with Gasteiger partial charge in [0, 0.05) is 11.6 Å². The van der Waals surface area contributed by atoms with E-state index >= 15 is 0 Å². The number of carbonyl (C=O) groups is 1. The molecule has 1 amide bonds. The van der Waals surface area contributed by atoms with E-state index in [4.69, 9.17) is 11.6 Å². The minimum atomic E-state index is -0.00836. The third-order valence-electron chi connectivity index (χ3n) is 2.30. The van der Waals surface area contributed by atoms with Crippen LogP contribution in [-0.2, 0) is 4.79 Å². The molecule has 3 nitrogen and oxygen atoms in total. The topological polar surface area (TPSA) is 32.3 Å². The molecule has 0 bridgehead atoms. The van der Waals surface area contributed by atoms with Crippen molar-refractivity contribution in [3.63, 3.8) is 0 Å². The van der Waals surface area contributed by atoms with Crippen LogP contribution in [0.5, 0.6) is 0 Å². The van der Waals surface area contributed by atoms with Gasteiger partial charge in [0.1, 0.15) is 0 Å². The molecule has 0 spiro atoms. The Morgan fingerprint density at radius 2 is 2.50 bits per heavy atom. The van der Waals surface area contributed by atoms with E-state index in [2.05, 4.69) is 18.8 Å². The monoisotopic (exact) mass is 216 g/mol. The van der Waals surface area contributed by atoms with E-state index in [9.17, 15) is 4.79 Å². The van der Waals surface area contributed by atoms with Gasteiger partial charge in [-0.05, 0) is 19.4 Å². The first-order valence-corrected chi connectivity index (χ1v) is 5.38. The summed E-state index contributed by atoms with van der Waals surface area (Å²) in [5.74, 6) is 0.153. The Bertz CT molecular complexity index is 230. The summed E-state index contributed by atoms with van der Waals surface area (Å²) in [7, 11) is 0. The van der Waals surface area contributed by atoms with Crippen molar-refractivity contribution in [3.05, 3.63) is 11.6 Å². The van der Waals surface area contributed by atoms with E-state index in [1.165, 1.54) is 0 Å². The van der Waals surface area contributed by atoms with Gasteiger partial charge in [-0.3, -0.25) is 4.79 Å². The molecule has 1 aliphatic rings. The van der Waals surface area contributed by atoms with E-state index in [1.54, 1.807) is 4.90 Å². The van der Waals surface area contributed by atoms with Gasteiger partial charge in [0.15, 0.2) is 0 Å². The molecule has 4 heteroatoms. The number of hydrogen-bond donors (Lipinski definition) is 1. The summed E-state index contributed by atoms with van der Waals surface area (Å²) >= 11 is 5.67. The molecule has 0 saturated carbocycles. The molecule has 1 fully saturated rings. The summed E-state index contributed by atoms with van der Waals surface area (Å²) in [4.78, 5) is 13.5. The summed E-state index contributed by atoms with van der Waals surface area (Å²) in [6.45, 7) is 7.83. The highest BCUT2D eigenvalue weighted by atomic mass is 35.5. The normalized spacial score (nSPS) is 21.7. The summed E-state index contributed by atoms with van der Waals surface area (Å²) < 4.78 is 0. The van der Waals surface area contributed by atoms with Gasteiger partial charge in [0.25, 0.3) is 0 Å². The van der Waals surface area contributed by atoms with Crippen LogP contribution in [0, 0.1) is 0 Å². The van der Waals surface area contributed by atoms with Crippen LogP contribution in [0.25, 0.3) is 0 Å². The summed E-state index contributed by atoms with van der Waals surface area (Å²) in [5.41, 5.74) is 0. The third-order valence-corrected chi connectivity index (χ3v) is 2.42. The zero-order valence-electron chi connectivity index (χ0n) is 8.55. The van der Waals surface area contributed by atoms with Crippen molar-refractivity contribution in [2.75, 3.05) is 19.6 Å². The standard InChI is InChI=1S/C10H17ClN2O/c1-3-5-12-9-4-6-13(10(9)14)7-8(2)11/h9,12H,2-7H2,1H3. The molecule has 0 aromatic carbocycles. The number of nitrogens with zero attached hydrogens (tertiary/aromatic N) is 1. The number of nitrogens with one attached hydrogen (secondary N) is 1. The van der Waals surface area contributed by atoms with Crippen LogP contribution in [0.1, 0.15) is 19.8 Å². The lowest BCUT2D eigenvalue weighted by Crippen LogP contribution is -2.38. The Kier molecular flexibility index (Phi) is 4.42. The first-order chi connectivity index (χ1) is 6.65. The zero-order valence-corrected chi connectivity index (χ0v) is 9.31. The fourth-order valence-corrected chi connectivity index (χ4v) is 1.76. The Morgan fingerprint density at radius 1 is 1.79 bits per heavy atom. The van der Waals surface area contributed by atoms with Crippen molar-refractivity contribution in [2.24, 2.45) is 0 Å². The SMILES string of the molecule is C=C(Cl)CN1CCC(NCCC)C1=O. The van der Waals surface area contributed by atoms with E-state index in [-0.39, 0.29) is 11.9 Å². The molecule has 0 aromatic rings. The molecular weight excluding hydrogens is 200 g/mol. The molecule has 1 unspecified atom stereocenters. The molecule has 1 N–H and O–H groups in total. The number of likely N-dealkylation sites (tertiary alicyclic amines) is 1. The van der Waals surface area contributed by atoms with Crippen LogP contribution in [0.3, 0.4) is 0 Å². The predicted molar refractivity (Wildman–Crippen MR) is 58.3 cm³/mol. The summed E-state index contributed by atoms with van der Waals surface area (Å²) in [6, 6.07) is -0.00836. The van der Waals surface area contributed by atoms with Crippen LogP contribution < -0.4 is 5.32 Å². The molecule has 1 rings (SSSR count). The third kappa shape index (κ3) is 3.00. The lowest BCUT2D eigenvalue weighted by atomic mass is 10.2. The van der Waals surface area contributed by atoms with Gasteiger partial charge in [0.05, 0.1) is 12.6 Å². The maximum absolute atomic E-state index is 11.7. The quantitative estimate of drug-likeness (QED) is 0.753. The van der Waals surface area contributed by atoms with Crippen LogP contribution in [0.15, 0.2) is 11.6 Å². The fourth-order valence-electron chi connectivity index (χ4n) is 1.61. The maximum atomic E-state index is 11.7. The predicted octanol–water partition coefficient (Wildman–Crippen LogP) is 1.34. The molecule has 1 saturated heterocycles. The molecule has 14 heavy (non-hydrogen) atoms. The second-order valence-electron chi connectivity index (χ2n) is 3.57. The highest BCUT2D eigenvalue weighted by Gasteiger charge is 2.30. The Hall–Kier alpha value is -0.540. The van der Waals surface area contributed by atoms with Gasteiger partial charge < -0.3 is 10.2 Å². The number of amides is 1. The average molecular weight is 217 g/mol. The fraction of sp³-hybridized carbons (Fsp3) is 0.700. The minimum absolute atomic E-state index is 0.00836.